The van der Waals surface area contributed by atoms with E-state index in [1.54, 1.807) is 15.9 Å². The molecule has 1 saturated heterocycles. The highest BCUT2D eigenvalue weighted by molar-refractivity contribution is 5.97. The number of amides is 2. The van der Waals surface area contributed by atoms with Crippen LogP contribution in [0.1, 0.15) is 97.2 Å². The molecule has 10 rings (SSSR count). The van der Waals surface area contributed by atoms with Crippen molar-refractivity contribution in [1.29, 1.82) is 0 Å². The quantitative estimate of drug-likeness (QED) is 0.215. The van der Waals surface area contributed by atoms with Gasteiger partial charge in [0, 0.05) is 102 Å². The van der Waals surface area contributed by atoms with Crippen LogP contribution in [-0.2, 0) is 25.7 Å². The fraction of sp³-hybridized carbons (Fsp3) is 0.400. The third-order valence-electron chi connectivity index (χ3n) is 12.7. The van der Waals surface area contributed by atoms with Crippen molar-refractivity contribution >= 4 is 23.1 Å². The molecule has 0 aromatic heterocycles. The van der Waals surface area contributed by atoms with E-state index in [0.717, 1.165) is 111 Å². The van der Waals surface area contributed by atoms with Gasteiger partial charge in [-0.15, -0.1) is 0 Å². The molecule has 1 fully saturated rings. The van der Waals surface area contributed by atoms with Crippen LogP contribution in [0.15, 0.2) is 54.6 Å². The van der Waals surface area contributed by atoms with Crippen molar-refractivity contribution in [1.82, 2.24) is 14.4 Å². The van der Waals surface area contributed by atoms with Crippen LogP contribution >= 0.6 is 0 Å². The van der Waals surface area contributed by atoms with Gasteiger partial charge in [0.25, 0.3) is 11.8 Å². The van der Waals surface area contributed by atoms with E-state index in [4.69, 9.17) is 4.74 Å². The minimum Gasteiger partial charge on any atom is -0.455 e. The van der Waals surface area contributed by atoms with Gasteiger partial charge < -0.3 is 29.6 Å². The number of piperazine rings is 1. The predicted octanol–water partition coefficient (Wildman–Crippen LogP) is 4.01. The lowest BCUT2D eigenvalue weighted by Crippen LogP contribution is -2.50. The Morgan fingerprint density at radius 2 is 1.33 bits per heavy atom. The lowest BCUT2D eigenvalue weighted by molar-refractivity contribution is -0.0427. The average Bonchev–Trinajstić information content (AvgIpc) is 3.20. The van der Waals surface area contributed by atoms with Gasteiger partial charge in [-0.25, -0.2) is 4.58 Å². The smallest absolute Gasteiger partial charge is 0.253 e. The number of hydrogen-bond acceptors (Lipinski definition) is 6. The highest BCUT2D eigenvalue weighted by Crippen LogP contribution is 2.49. The van der Waals surface area contributed by atoms with Crippen LogP contribution in [0.4, 0.5) is 5.69 Å². The van der Waals surface area contributed by atoms with E-state index in [1.807, 2.05) is 43.3 Å². The molecule has 0 unspecified atom stereocenters. The van der Waals surface area contributed by atoms with Crippen molar-refractivity contribution in [3.63, 3.8) is 0 Å². The van der Waals surface area contributed by atoms with Crippen molar-refractivity contribution in [2.24, 2.45) is 0 Å². The Balaban J connectivity index is 1.08. The van der Waals surface area contributed by atoms with Crippen LogP contribution in [0.2, 0.25) is 0 Å². The first-order valence-electron chi connectivity index (χ1n) is 19.9. The predicted molar refractivity (Wildman–Crippen MR) is 207 cm³/mol. The number of aliphatic hydroxyl groups excluding tert-OH is 1. The number of fused-ring (bicyclic) bond motifs is 4. The van der Waals surface area contributed by atoms with Crippen LogP contribution in [0, 0.1) is 6.92 Å². The number of ether oxygens (including phenoxy) is 1. The molecule has 9 nitrogen and oxygen atoms in total. The Bertz CT molecular complexity index is 2370. The SMILES string of the molecule is Cc1ccc(C(=O)N2CCN(C(=O)c3ccc(C4=c5cc6c7c(c5Oc5c4cc4c8c5CCCN8CCC4)CCC[N+]=7CCC6)c(C(O)O)c3)CC2)cc1. The van der Waals surface area contributed by atoms with Gasteiger partial charge in [0.15, 0.2) is 6.29 Å². The summed E-state index contributed by atoms with van der Waals surface area (Å²) in [4.78, 5) is 33.3. The monoisotopic (exact) mass is 723 g/mol. The topological polar surface area (TPSA) is 96.6 Å². The lowest BCUT2D eigenvalue weighted by atomic mass is 9.81. The number of aliphatic hydroxyl groups is 2. The fourth-order valence-electron chi connectivity index (χ4n) is 10.1. The molecule has 4 aromatic carbocycles. The normalized spacial score (nSPS) is 18.5. The molecule has 6 aliphatic heterocycles. The molecule has 6 aliphatic rings. The summed E-state index contributed by atoms with van der Waals surface area (Å²) in [7, 11) is 0. The van der Waals surface area contributed by atoms with Gasteiger partial charge in [-0.1, -0.05) is 23.8 Å². The molecular formula is C45H47N4O5+. The molecule has 0 saturated carbocycles. The second-order valence-corrected chi connectivity index (χ2v) is 16.0. The molecule has 54 heavy (non-hydrogen) atoms. The van der Waals surface area contributed by atoms with E-state index >= 15 is 0 Å². The Kier molecular flexibility index (Phi) is 8.14. The van der Waals surface area contributed by atoms with Gasteiger partial charge in [0.2, 0.25) is 5.36 Å². The second-order valence-electron chi connectivity index (χ2n) is 16.0. The third-order valence-corrected chi connectivity index (χ3v) is 12.7. The first-order chi connectivity index (χ1) is 26.3. The summed E-state index contributed by atoms with van der Waals surface area (Å²) < 4.78 is 9.72. The average molecular weight is 724 g/mol. The van der Waals surface area contributed by atoms with Gasteiger partial charge in [0.1, 0.15) is 24.6 Å². The number of nitrogens with zero attached hydrogens (tertiary/aromatic N) is 4. The van der Waals surface area contributed by atoms with Crippen molar-refractivity contribution in [3.05, 3.63) is 121 Å². The molecule has 9 heteroatoms. The van der Waals surface area contributed by atoms with Gasteiger partial charge in [-0.05, 0) is 93.0 Å². The minimum absolute atomic E-state index is 0.0302. The van der Waals surface area contributed by atoms with Gasteiger partial charge in [0.05, 0.1) is 5.56 Å². The standard InChI is InChI=1S/C45H47N4O5/c1-27-10-12-28(13-11-27)43(50)48-20-22-49(23-21-48)44(51)31-14-15-32(35(26-31)45(52)53)38-36-24-29-6-2-16-46-18-4-8-33(39(29)46)41(36)54-42-34-9-5-19-47-17-3-7-30(40(34)47)25-37(38)42/h10-15,24-26,45,52-53H,2-9,16-23H2,1H3/q+1. The van der Waals surface area contributed by atoms with Gasteiger partial charge in [-0.3, -0.25) is 9.59 Å². The molecule has 2 N–H and O–H groups in total. The summed E-state index contributed by atoms with van der Waals surface area (Å²) in [5.74, 6) is 1.60. The Labute approximate surface area is 315 Å². The zero-order valence-corrected chi connectivity index (χ0v) is 31.0. The number of hydrogen-bond donors (Lipinski definition) is 2. The maximum Gasteiger partial charge on any atom is 0.253 e. The van der Waals surface area contributed by atoms with E-state index in [9.17, 15) is 19.8 Å². The van der Waals surface area contributed by atoms with Crippen LogP contribution in [0.25, 0.3) is 5.57 Å². The summed E-state index contributed by atoms with van der Waals surface area (Å²) in [6.07, 6.45) is 6.47. The highest BCUT2D eigenvalue weighted by Gasteiger charge is 2.37. The Hall–Kier alpha value is -4.99. The number of anilines is 1. The lowest BCUT2D eigenvalue weighted by Gasteiger charge is -2.39. The molecule has 6 heterocycles. The highest BCUT2D eigenvalue weighted by atomic mass is 16.5. The number of carbonyl (C=O) groups is 2. The van der Waals surface area contributed by atoms with E-state index in [-0.39, 0.29) is 11.8 Å². The van der Waals surface area contributed by atoms with Gasteiger partial charge in [-0.2, -0.15) is 0 Å². The molecule has 4 aromatic rings. The van der Waals surface area contributed by atoms with Crippen LogP contribution in [0.5, 0.6) is 11.5 Å². The minimum atomic E-state index is -1.79. The first kappa shape index (κ1) is 33.6. The maximum absolute atomic E-state index is 14.0. The summed E-state index contributed by atoms with van der Waals surface area (Å²) in [5, 5.41) is 24.5. The number of rotatable bonds is 4. The van der Waals surface area contributed by atoms with Crippen molar-refractivity contribution < 1.29 is 24.5 Å². The van der Waals surface area contributed by atoms with Gasteiger partial charge >= 0.3 is 0 Å². The summed E-state index contributed by atoms with van der Waals surface area (Å²) in [6.45, 7) is 7.93. The fourth-order valence-corrected chi connectivity index (χ4v) is 10.1. The second kappa shape index (κ2) is 13.1. The van der Waals surface area contributed by atoms with E-state index in [1.165, 1.54) is 33.3 Å². The van der Waals surface area contributed by atoms with Crippen molar-refractivity contribution in [2.45, 2.75) is 64.6 Å². The molecule has 0 radical (unpaired) electrons. The molecule has 2 amide bonds. The van der Waals surface area contributed by atoms with Crippen molar-refractivity contribution in [2.75, 3.05) is 57.3 Å². The Morgan fingerprint density at radius 3 is 2.07 bits per heavy atom. The Morgan fingerprint density at radius 1 is 0.685 bits per heavy atom. The molecule has 0 bridgehead atoms. The van der Waals surface area contributed by atoms with Crippen molar-refractivity contribution in [3.8, 4) is 11.5 Å². The largest absolute Gasteiger partial charge is 0.455 e. The molecule has 0 aliphatic carbocycles. The molecular weight excluding hydrogens is 677 g/mol. The summed E-state index contributed by atoms with van der Waals surface area (Å²) in [6, 6.07) is 17.6. The van der Waals surface area contributed by atoms with Crippen LogP contribution < -0.4 is 24.8 Å². The first-order valence-corrected chi connectivity index (χ1v) is 19.9. The summed E-state index contributed by atoms with van der Waals surface area (Å²) in [5.41, 5.74) is 11.7. The maximum atomic E-state index is 14.0. The summed E-state index contributed by atoms with van der Waals surface area (Å²) >= 11 is 0. The third kappa shape index (κ3) is 5.38. The zero-order valence-electron chi connectivity index (χ0n) is 31.0. The number of aryl methyl sites for hydroxylation is 3. The van der Waals surface area contributed by atoms with E-state index in [0.29, 0.717) is 48.4 Å². The number of benzene rings is 4. The van der Waals surface area contributed by atoms with E-state index < -0.39 is 6.29 Å². The molecule has 0 spiro atoms. The molecule has 276 valence electrons. The number of carbonyl (C=O) groups excluding carboxylic acids is 2. The van der Waals surface area contributed by atoms with Crippen LogP contribution in [-0.4, -0.2) is 84.2 Å². The van der Waals surface area contributed by atoms with Crippen LogP contribution in [0.3, 0.4) is 0 Å². The zero-order chi connectivity index (χ0) is 36.7. The van der Waals surface area contributed by atoms with E-state index in [2.05, 4.69) is 21.6 Å². The molecule has 0 atom stereocenters.